The average Bonchev–Trinajstić information content (AvgIpc) is 2.41. The summed E-state index contributed by atoms with van der Waals surface area (Å²) >= 11 is 12.2. The molecule has 0 saturated carbocycles. The zero-order valence-electron chi connectivity index (χ0n) is 11.7. The van der Waals surface area contributed by atoms with E-state index in [-0.39, 0.29) is 6.04 Å². The maximum Gasteiger partial charge on any atom is 0.121 e. The molecule has 1 N–H and O–H groups in total. The van der Waals surface area contributed by atoms with Crippen molar-refractivity contribution >= 4 is 28.9 Å². The molecule has 2 aromatic carbocycles. The van der Waals surface area contributed by atoms with E-state index < -0.39 is 0 Å². The Hall–Kier alpha value is -1.38. The van der Waals surface area contributed by atoms with Crippen LogP contribution >= 0.6 is 23.2 Å². The molecular weight excluding hydrogens is 293 g/mol. The van der Waals surface area contributed by atoms with E-state index in [2.05, 4.69) is 12.2 Å². The lowest BCUT2D eigenvalue weighted by Gasteiger charge is -2.18. The first-order valence-electron chi connectivity index (χ1n) is 6.37. The lowest BCUT2D eigenvalue weighted by Crippen LogP contribution is -2.07. The van der Waals surface area contributed by atoms with Crippen LogP contribution in [-0.2, 0) is 0 Å². The molecule has 106 valence electrons. The Morgan fingerprint density at radius 2 is 1.85 bits per heavy atom. The summed E-state index contributed by atoms with van der Waals surface area (Å²) in [5, 5.41) is 4.81. The molecule has 0 aliphatic carbocycles. The largest absolute Gasteiger partial charge is 0.496 e. The highest BCUT2D eigenvalue weighted by Gasteiger charge is 2.11. The molecule has 2 aromatic rings. The molecule has 0 aliphatic rings. The van der Waals surface area contributed by atoms with Crippen molar-refractivity contribution in [1.29, 1.82) is 0 Å². The summed E-state index contributed by atoms with van der Waals surface area (Å²) < 4.78 is 5.26. The van der Waals surface area contributed by atoms with Crippen molar-refractivity contribution in [3.63, 3.8) is 0 Å². The van der Waals surface area contributed by atoms with Crippen LogP contribution in [0.4, 0.5) is 5.69 Å². The van der Waals surface area contributed by atoms with Gasteiger partial charge in [-0.2, -0.15) is 0 Å². The molecule has 2 nitrogen and oxygen atoms in total. The summed E-state index contributed by atoms with van der Waals surface area (Å²) in [6.07, 6.45) is 0. The molecule has 0 bridgehead atoms. The summed E-state index contributed by atoms with van der Waals surface area (Å²) in [5.74, 6) is 0.879. The van der Waals surface area contributed by atoms with Gasteiger partial charge in [0.05, 0.1) is 13.2 Å². The molecule has 1 unspecified atom stereocenters. The lowest BCUT2D eigenvalue weighted by molar-refractivity contribution is 0.412. The number of halogens is 2. The van der Waals surface area contributed by atoms with E-state index >= 15 is 0 Å². The van der Waals surface area contributed by atoms with E-state index in [4.69, 9.17) is 27.9 Å². The van der Waals surface area contributed by atoms with Gasteiger partial charge in [-0.3, -0.25) is 0 Å². The van der Waals surface area contributed by atoms with Crippen molar-refractivity contribution in [2.75, 3.05) is 12.4 Å². The number of benzene rings is 2. The van der Waals surface area contributed by atoms with Gasteiger partial charge in [-0.15, -0.1) is 0 Å². The van der Waals surface area contributed by atoms with Gasteiger partial charge >= 0.3 is 0 Å². The summed E-state index contributed by atoms with van der Waals surface area (Å²) in [4.78, 5) is 0. The molecule has 2 rings (SSSR count). The second kappa shape index (κ2) is 6.38. The van der Waals surface area contributed by atoms with Crippen LogP contribution in [0.5, 0.6) is 5.75 Å². The van der Waals surface area contributed by atoms with Crippen molar-refractivity contribution in [1.82, 2.24) is 0 Å². The molecule has 0 amide bonds. The van der Waals surface area contributed by atoms with Gasteiger partial charge in [0.2, 0.25) is 0 Å². The minimum absolute atomic E-state index is 0.0639. The Bertz CT molecular complexity index is 613. The molecule has 0 radical (unpaired) electrons. The third kappa shape index (κ3) is 3.38. The fourth-order valence-corrected chi connectivity index (χ4v) is 2.60. The lowest BCUT2D eigenvalue weighted by atomic mass is 10.1. The summed E-state index contributed by atoms with van der Waals surface area (Å²) in [5.41, 5.74) is 3.08. The predicted molar refractivity (Wildman–Crippen MR) is 86.2 cm³/mol. The van der Waals surface area contributed by atoms with Gasteiger partial charge < -0.3 is 10.1 Å². The smallest absolute Gasteiger partial charge is 0.121 e. The summed E-state index contributed by atoms with van der Waals surface area (Å²) in [7, 11) is 1.67. The molecule has 4 heteroatoms. The number of aryl methyl sites for hydroxylation is 1. The maximum atomic E-state index is 6.22. The number of ether oxygens (including phenoxy) is 1. The minimum Gasteiger partial charge on any atom is -0.496 e. The monoisotopic (exact) mass is 309 g/mol. The van der Waals surface area contributed by atoms with Crippen molar-refractivity contribution in [3.8, 4) is 5.75 Å². The fraction of sp³-hybridized carbons (Fsp3) is 0.250. The molecule has 1 atom stereocenters. The number of hydrogen-bond acceptors (Lipinski definition) is 2. The predicted octanol–water partition coefficient (Wildman–Crippen LogP) is 5.48. The topological polar surface area (TPSA) is 21.3 Å². The van der Waals surface area contributed by atoms with Gasteiger partial charge in [0.25, 0.3) is 0 Å². The Morgan fingerprint density at radius 3 is 2.50 bits per heavy atom. The standard InChI is InChI=1S/C16H17Cl2NO/c1-10-8-13(5-7-16(10)20-3)19-11(2)14-9-12(17)4-6-15(14)18/h4-9,11,19H,1-3H3. The van der Waals surface area contributed by atoms with Crippen molar-refractivity contribution in [3.05, 3.63) is 57.6 Å². The van der Waals surface area contributed by atoms with E-state index in [0.29, 0.717) is 10.0 Å². The van der Waals surface area contributed by atoms with Crippen LogP contribution in [0.2, 0.25) is 10.0 Å². The number of nitrogens with one attached hydrogen (secondary N) is 1. The van der Waals surface area contributed by atoms with Crippen molar-refractivity contribution in [2.24, 2.45) is 0 Å². The van der Waals surface area contributed by atoms with Gasteiger partial charge in [0.1, 0.15) is 5.75 Å². The van der Waals surface area contributed by atoms with Gasteiger partial charge in [-0.05, 0) is 61.4 Å². The van der Waals surface area contributed by atoms with Crippen LogP contribution in [0.3, 0.4) is 0 Å². The van der Waals surface area contributed by atoms with E-state index in [0.717, 1.165) is 22.6 Å². The quantitative estimate of drug-likeness (QED) is 0.807. The fourth-order valence-electron chi connectivity index (χ4n) is 2.14. The van der Waals surface area contributed by atoms with E-state index in [9.17, 15) is 0 Å². The van der Waals surface area contributed by atoms with Crippen molar-refractivity contribution < 1.29 is 4.74 Å². The Kier molecular flexibility index (Phi) is 4.79. The van der Waals surface area contributed by atoms with Crippen LogP contribution in [0.25, 0.3) is 0 Å². The van der Waals surface area contributed by atoms with E-state index in [1.165, 1.54) is 0 Å². The first-order chi connectivity index (χ1) is 9.51. The second-order valence-corrected chi connectivity index (χ2v) is 5.56. The molecule has 20 heavy (non-hydrogen) atoms. The first kappa shape index (κ1) is 15.0. The van der Waals surface area contributed by atoms with E-state index in [1.807, 2.05) is 37.3 Å². The van der Waals surface area contributed by atoms with Gasteiger partial charge in [0, 0.05) is 15.7 Å². The summed E-state index contributed by atoms with van der Waals surface area (Å²) in [6.45, 7) is 4.07. The van der Waals surface area contributed by atoms with Crippen LogP contribution in [0.1, 0.15) is 24.1 Å². The highest BCUT2D eigenvalue weighted by atomic mass is 35.5. The first-order valence-corrected chi connectivity index (χ1v) is 7.13. The van der Waals surface area contributed by atoms with Gasteiger partial charge in [-0.25, -0.2) is 0 Å². The Balaban J connectivity index is 2.21. The molecule has 0 saturated heterocycles. The van der Waals surface area contributed by atoms with Crippen LogP contribution < -0.4 is 10.1 Å². The van der Waals surface area contributed by atoms with Gasteiger partial charge in [-0.1, -0.05) is 23.2 Å². The SMILES string of the molecule is COc1ccc(NC(C)c2cc(Cl)ccc2Cl)cc1C. The normalized spacial score (nSPS) is 12.1. The molecule has 0 fully saturated rings. The number of rotatable bonds is 4. The highest BCUT2D eigenvalue weighted by molar-refractivity contribution is 6.33. The molecule has 0 heterocycles. The van der Waals surface area contributed by atoms with Gasteiger partial charge in [0.15, 0.2) is 0 Å². The number of hydrogen-bond donors (Lipinski definition) is 1. The van der Waals surface area contributed by atoms with Crippen LogP contribution in [0, 0.1) is 6.92 Å². The molecule has 0 aliphatic heterocycles. The molecular formula is C16H17Cl2NO. The van der Waals surface area contributed by atoms with Crippen LogP contribution in [0.15, 0.2) is 36.4 Å². The van der Waals surface area contributed by atoms with E-state index in [1.54, 1.807) is 13.2 Å². The zero-order chi connectivity index (χ0) is 14.7. The minimum atomic E-state index is 0.0639. The summed E-state index contributed by atoms with van der Waals surface area (Å²) in [6, 6.07) is 11.5. The second-order valence-electron chi connectivity index (χ2n) is 4.72. The third-order valence-corrected chi connectivity index (χ3v) is 3.78. The average molecular weight is 310 g/mol. The molecule has 0 spiro atoms. The highest BCUT2D eigenvalue weighted by Crippen LogP contribution is 2.30. The molecule has 0 aromatic heterocycles. The number of anilines is 1. The third-order valence-electron chi connectivity index (χ3n) is 3.20. The maximum absolute atomic E-state index is 6.22. The Morgan fingerprint density at radius 1 is 1.10 bits per heavy atom. The zero-order valence-corrected chi connectivity index (χ0v) is 13.2. The van der Waals surface area contributed by atoms with Crippen LogP contribution in [-0.4, -0.2) is 7.11 Å². The Labute approximate surface area is 129 Å². The van der Waals surface area contributed by atoms with Crippen molar-refractivity contribution in [2.45, 2.75) is 19.9 Å². The number of methoxy groups -OCH3 is 1.